The zero-order valence-corrected chi connectivity index (χ0v) is 24.7. The van der Waals surface area contributed by atoms with E-state index < -0.39 is 0 Å². The van der Waals surface area contributed by atoms with E-state index in [9.17, 15) is 4.79 Å². The molecule has 2 heterocycles. The largest absolute Gasteiger partial charge is 0.497 e. The number of anilines is 1. The number of hydrogen-bond donors (Lipinski definition) is 2. The summed E-state index contributed by atoms with van der Waals surface area (Å²) in [5.74, 6) is 1.96. The number of nitrogens with one attached hydrogen (secondary N) is 2. The van der Waals surface area contributed by atoms with E-state index >= 15 is 0 Å². The maximum Gasteiger partial charge on any atom is 0.251 e. The molecule has 8 heteroatoms. The molecule has 224 valence electrons. The number of fused-ring (bicyclic) bond motifs is 1. The molecule has 8 nitrogen and oxygen atoms in total. The van der Waals surface area contributed by atoms with Gasteiger partial charge in [0.05, 0.1) is 32.1 Å². The van der Waals surface area contributed by atoms with E-state index in [4.69, 9.17) is 18.9 Å². The van der Waals surface area contributed by atoms with E-state index in [-0.39, 0.29) is 24.0 Å². The van der Waals surface area contributed by atoms with Gasteiger partial charge in [0.15, 0.2) is 0 Å². The van der Waals surface area contributed by atoms with Gasteiger partial charge in [0, 0.05) is 50.9 Å². The van der Waals surface area contributed by atoms with Crippen molar-refractivity contribution in [3.05, 3.63) is 89.5 Å². The first-order valence-electron chi connectivity index (χ1n) is 15.0. The van der Waals surface area contributed by atoms with Crippen molar-refractivity contribution < 1.29 is 23.7 Å². The van der Waals surface area contributed by atoms with E-state index in [1.807, 2.05) is 42.5 Å². The van der Waals surface area contributed by atoms with Crippen LogP contribution < -0.4 is 25.0 Å². The molecular formula is C34H43N3O5. The predicted octanol–water partition coefficient (Wildman–Crippen LogP) is 4.78. The summed E-state index contributed by atoms with van der Waals surface area (Å²) in [4.78, 5) is 14.9. The van der Waals surface area contributed by atoms with Gasteiger partial charge in [0.1, 0.15) is 18.1 Å². The second-order valence-corrected chi connectivity index (χ2v) is 11.0. The lowest BCUT2D eigenvalue weighted by molar-refractivity contribution is 0.00230. The lowest BCUT2D eigenvalue weighted by atomic mass is 9.83. The molecule has 2 N–H and O–H groups in total. The molecule has 1 fully saturated rings. The Balaban J connectivity index is 1.22. The zero-order valence-electron chi connectivity index (χ0n) is 24.7. The fourth-order valence-electron chi connectivity index (χ4n) is 5.86. The third-order valence-electron chi connectivity index (χ3n) is 8.18. The number of methoxy groups -OCH3 is 2. The average molecular weight is 574 g/mol. The Morgan fingerprint density at radius 3 is 2.69 bits per heavy atom. The van der Waals surface area contributed by atoms with E-state index in [1.54, 1.807) is 14.2 Å². The Hall–Kier alpha value is -3.59. The van der Waals surface area contributed by atoms with Crippen LogP contribution in [0.2, 0.25) is 0 Å². The quantitative estimate of drug-likeness (QED) is 0.285. The topological polar surface area (TPSA) is 81.3 Å². The summed E-state index contributed by atoms with van der Waals surface area (Å²) < 4.78 is 23.2. The lowest BCUT2D eigenvalue weighted by Crippen LogP contribution is -2.48. The number of piperidine rings is 1. The van der Waals surface area contributed by atoms with Gasteiger partial charge < -0.3 is 34.5 Å². The second kappa shape index (κ2) is 15.0. The van der Waals surface area contributed by atoms with E-state index in [0.29, 0.717) is 25.3 Å². The van der Waals surface area contributed by atoms with Crippen LogP contribution in [0.1, 0.15) is 46.7 Å². The number of nitrogens with zero attached hydrogens (tertiary/aromatic N) is 1. The Morgan fingerprint density at radius 1 is 1.07 bits per heavy atom. The first-order chi connectivity index (χ1) is 20.6. The normalized spacial score (nSPS) is 20.0. The van der Waals surface area contributed by atoms with Crippen LogP contribution in [0.5, 0.6) is 11.5 Å². The molecule has 3 atom stereocenters. The fourth-order valence-corrected chi connectivity index (χ4v) is 5.86. The van der Waals surface area contributed by atoms with E-state index in [0.717, 1.165) is 68.3 Å². The predicted molar refractivity (Wildman–Crippen MR) is 165 cm³/mol. The highest BCUT2D eigenvalue weighted by atomic mass is 16.5. The summed E-state index contributed by atoms with van der Waals surface area (Å²) >= 11 is 0. The van der Waals surface area contributed by atoms with Crippen molar-refractivity contribution in [3.8, 4) is 11.5 Å². The van der Waals surface area contributed by atoms with E-state index in [1.165, 1.54) is 5.56 Å². The number of carbonyl (C=O) groups excluding carboxylic acids is 1. The summed E-state index contributed by atoms with van der Waals surface area (Å²) in [6, 6.07) is 24.3. The first-order valence-corrected chi connectivity index (χ1v) is 15.0. The molecular weight excluding hydrogens is 530 g/mol. The van der Waals surface area contributed by atoms with Crippen molar-refractivity contribution >= 4 is 11.6 Å². The smallest absolute Gasteiger partial charge is 0.251 e. The van der Waals surface area contributed by atoms with Gasteiger partial charge >= 0.3 is 0 Å². The van der Waals surface area contributed by atoms with Gasteiger partial charge in [-0.1, -0.05) is 36.4 Å². The Kier molecular flexibility index (Phi) is 10.7. The van der Waals surface area contributed by atoms with Crippen molar-refractivity contribution in [1.29, 1.82) is 0 Å². The van der Waals surface area contributed by atoms with Crippen molar-refractivity contribution in [2.75, 3.05) is 58.5 Å². The van der Waals surface area contributed by atoms with Crippen LogP contribution in [-0.2, 0) is 16.1 Å². The lowest BCUT2D eigenvalue weighted by Gasteiger charge is -2.37. The van der Waals surface area contributed by atoms with Gasteiger partial charge in [0.25, 0.3) is 5.91 Å². The third kappa shape index (κ3) is 7.82. The van der Waals surface area contributed by atoms with Crippen LogP contribution in [-0.4, -0.2) is 71.7 Å². The highest BCUT2D eigenvalue weighted by Gasteiger charge is 2.32. The summed E-state index contributed by atoms with van der Waals surface area (Å²) in [5.41, 5.74) is 4.19. The SMILES string of the molecule is COCCCN1CCOc2ccc(CO[C@H]3CN[C@H](CCNC(=O)c4ccccc4)C[C@H]3c3ccc(OC)cc3)cc21. The minimum absolute atomic E-state index is 0.0126. The molecule has 2 aliphatic rings. The second-order valence-electron chi connectivity index (χ2n) is 11.0. The Labute approximate surface area is 249 Å². The number of ether oxygens (including phenoxy) is 4. The van der Waals surface area contributed by atoms with Crippen molar-refractivity contribution in [2.24, 2.45) is 0 Å². The number of rotatable bonds is 13. The van der Waals surface area contributed by atoms with Gasteiger partial charge in [-0.25, -0.2) is 0 Å². The molecule has 42 heavy (non-hydrogen) atoms. The standard InChI is InChI=1S/C34H43N3O5/c1-39-19-6-17-37-18-20-41-32-14-9-25(21-31(32)37)24-42-33-23-36-28(15-16-35-34(38)27-7-4-3-5-8-27)22-30(33)26-10-12-29(40-2)13-11-26/h3-5,7-14,21,28,30,33,36H,6,15-20,22-24H2,1-2H3,(H,35,38)/t28-,30+,33+/m1/s1. The molecule has 0 spiro atoms. The summed E-state index contributed by atoms with van der Waals surface area (Å²) in [6.45, 7) is 5.14. The molecule has 2 aliphatic heterocycles. The van der Waals surface area contributed by atoms with Crippen LogP contribution in [0.15, 0.2) is 72.8 Å². The molecule has 5 rings (SSSR count). The molecule has 0 aliphatic carbocycles. The van der Waals surface area contributed by atoms with Crippen molar-refractivity contribution in [1.82, 2.24) is 10.6 Å². The first kappa shape index (κ1) is 29.9. The molecule has 0 radical (unpaired) electrons. The molecule has 0 saturated carbocycles. The summed E-state index contributed by atoms with van der Waals surface area (Å²) in [7, 11) is 3.43. The van der Waals surface area contributed by atoms with Gasteiger partial charge in [-0.2, -0.15) is 0 Å². The highest BCUT2D eigenvalue weighted by Crippen LogP contribution is 2.35. The molecule has 0 unspecified atom stereocenters. The Morgan fingerprint density at radius 2 is 1.90 bits per heavy atom. The van der Waals surface area contributed by atoms with Crippen LogP contribution in [0.25, 0.3) is 0 Å². The van der Waals surface area contributed by atoms with Crippen LogP contribution in [0.4, 0.5) is 5.69 Å². The number of benzene rings is 3. The molecule has 0 aromatic heterocycles. The zero-order chi connectivity index (χ0) is 29.1. The van der Waals surface area contributed by atoms with Gasteiger partial charge in [0.2, 0.25) is 0 Å². The van der Waals surface area contributed by atoms with Crippen LogP contribution >= 0.6 is 0 Å². The number of carbonyl (C=O) groups is 1. The van der Waals surface area contributed by atoms with Crippen molar-refractivity contribution in [2.45, 2.75) is 43.9 Å². The number of amides is 1. The maximum absolute atomic E-state index is 12.5. The van der Waals surface area contributed by atoms with Crippen LogP contribution in [0, 0.1) is 0 Å². The molecule has 0 bridgehead atoms. The number of hydrogen-bond acceptors (Lipinski definition) is 7. The summed E-state index contributed by atoms with van der Waals surface area (Å²) in [5, 5.41) is 6.76. The minimum Gasteiger partial charge on any atom is -0.497 e. The maximum atomic E-state index is 12.5. The van der Waals surface area contributed by atoms with Gasteiger partial charge in [-0.3, -0.25) is 4.79 Å². The third-order valence-corrected chi connectivity index (χ3v) is 8.18. The minimum atomic E-state index is -0.0352. The summed E-state index contributed by atoms with van der Waals surface area (Å²) in [6.07, 6.45) is 2.76. The molecule has 1 amide bonds. The van der Waals surface area contributed by atoms with Gasteiger partial charge in [-0.05, 0) is 66.8 Å². The highest BCUT2D eigenvalue weighted by molar-refractivity contribution is 5.94. The van der Waals surface area contributed by atoms with Gasteiger partial charge in [-0.15, -0.1) is 0 Å². The average Bonchev–Trinajstić information content (AvgIpc) is 3.04. The molecule has 1 saturated heterocycles. The van der Waals surface area contributed by atoms with Crippen LogP contribution in [0.3, 0.4) is 0 Å². The Bertz CT molecular complexity index is 1270. The monoisotopic (exact) mass is 573 g/mol. The fraction of sp³-hybridized carbons (Fsp3) is 0.441. The van der Waals surface area contributed by atoms with E-state index in [2.05, 4.69) is 45.9 Å². The molecule has 3 aromatic rings. The van der Waals surface area contributed by atoms with Crippen molar-refractivity contribution in [3.63, 3.8) is 0 Å². The molecule has 3 aromatic carbocycles.